The number of rotatable bonds is 9. The average Bonchev–Trinajstić information content (AvgIpc) is 2.81. The minimum absolute atomic E-state index is 0.0736. The van der Waals surface area contributed by atoms with Gasteiger partial charge in [0.15, 0.2) is 0 Å². The van der Waals surface area contributed by atoms with E-state index in [2.05, 4.69) is 27.2 Å². The lowest BCUT2D eigenvalue weighted by Gasteiger charge is -2.37. The van der Waals surface area contributed by atoms with Gasteiger partial charge in [0.2, 0.25) is 5.91 Å². The average molecular weight is 412 g/mol. The van der Waals surface area contributed by atoms with E-state index in [4.69, 9.17) is 9.47 Å². The molecule has 0 radical (unpaired) electrons. The molecule has 1 saturated heterocycles. The number of nitrogens with one attached hydrogen (secondary N) is 1. The van der Waals surface area contributed by atoms with Crippen LogP contribution in [0, 0.1) is 0 Å². The van der Waals surface area contributed by atoms with Gasteiger partial charge >= 0.3 is 0 Å². The summed E-state index contributed by atoms with van der Waals surface area (Å²) in [6, 6.07) is 15.9. The van der Waals surface area contributed by atoms with Crippen LogP contribution in [0.4, 0.5) is 0 Å². The number of piperazine rings is 1. The third-order valence-electron chi connectivity index (χ3n) is 5.81. The lowest BCUT2D eigenvalue weighted by atomic mass is 10.1. The molecule has 2 aromatic carbocycles. The normalized spacial score (nSPS) is 16.1. The van der Waals surface area contributed by atoms with Crippen LogP contribution in [-0.2, 0) is 17.8 Å². The van der Waals surface area contributed by atoms with E-state index in [1.807, 2.05) is 43.3 Å². The third kappa shape index (κ3) is 6.21. The smallest absolute Gasteiger partial charge is 0.237 e. The first-order valence-corrected chi connectivity index (χ1v) is 10.6. The third-order valence-corrected chi connectivity index (χ3v) is 5.81. The van der Waals surface area contributed by atoms with Crippen molar-refractivity contribution in [3.8, 4) is 11.5 Å². The molecule has 1 unspecified atom stereocenters. The first kappa shape index (κ1) is 22.1. The Morgan fingerprint density at radius 3 is 2.33 bits per heavy atom. The number of hydrogen-bond acceptors (Lipinski definition) is 5. The van der Waals surface area contributed by atoms with E-state index in [-0.39, 0.29) is 11.9 Å². The molecule has 1 atom stereocenters. The number of ether oxygens (including phenoxy) is 2. The van der Waals surface area contributed by atoms with Crippen LogP contribution in [-0.4, -0.2) is 68.7 Å². The molecular formula is C24H33N3O3. The van der Waals surface area contributed by atoms with E-state index >= 15 is 0 Å². The summed E-state index contributed by atoms with van der Waals surface area (Å²) < 4.78 is 10.5. The van der Waals surface area contributed by atoms with Crippen molar-refractivity contribution in [2.75, 3.05) is 46.9 Å². The second kappa shape index (κ2) is 11.0. The molecule has 1 amide bonds. The van der Waals surface area contributed by atoms with Gasteiger partial charge in [-0.3, -0.25) is 9.69 Å². The van der Waals surface area contributed by atoms with Crippen molar-refractivity contribution in [2.24, 2.45) is 0 Å². The number of methoxy groups -OCH3 is 2. The summed E-state index contributed by atoms with van der Waals surface area (Å²) in [6.07, 6.45) is 1.03. The van der Waals surface area contributed by atoms with Crippen LogP contribution >= 0.6 is 0 Å². The molecule has 0 bridgehead atoms. The SMILES string of the molecule is COc1ccc(CCN2CCN(C(C)C(=O)NCc3cccc(OC)c3)CC2)cc1. The van der Waals surface area contributed by atoms with E-state index in [1.54, 1.807) is 14.2 Å². The Hall–Kier alpha value is -2.57. The van der Waals surface area contributed by atoms with E-state index in [1.165, 1.54) is 5.56 Å². The van der Waals surface area contributed by atoms with E-state index in [9.17, 15) is 4.79 Å². The molecule has 1 aliphatic rings. The maximum Gasteiger partial charge on any atom is 0.237 e. The Morgan fingerprint density at radius 2 is 1.67 bits per heavy atom. The monoisotopic (exact) mass is 411 g/mol. The summed E-state index contributed by atoms with van der Waals surface area (Å²) in [6.45, 7) is 7.35. The molecule has 1 heterocycles. The predicted octanol–water partition coefficient (Wildman–Crippen LogP) is 2.57. The zero-order chi connectivity index (χ0) is 21.3. The minimum atomic E-state index is -0.126. The second-order valence-corrected chi connectivity index (χ2v) is 7.72. The summed E-state index contributed by atoms with van der Waals surface area (Å²) in [4.78, 5) is 17.3. The summed E-state index contributed by atoms with van der Waals surface area (Å²) >= 11 is 0. The predicted molar refractivity (Wildman–Crippen MR) is 119 cm³/mol. The molecule has 2 aromatic rings. The van der Waals surface area contributed by atoms with E-state index in [0.29, 0.717) is 6.54 Å². The topological polar surface area (TPSA) is 54.0 Å². The van der Waals surface area contributed by atoms with Crippen LogP contribution in [0.3, 0.4) is 0 Å². The number of benzene rings is 2. The minimum Gasteiger partial charge on any atom is -0.497 e. The van der Waals surface area contributed by atoms with Crippen molar-refractivity contribution in [2.45, 2.75) is 25.9 Å². The molecule has 1 fully saturated rings. The van der Waals surface area contributed by atoms with E-state index < -0.39 is 0 Å². The van der Waals surface area contributed by atoms with Gasteiger partial charge in [-0.15, -0.1) is 0 Å². The van der Waals surface area contributed by atoms with Crippen molar-refractivity contribution in [1.29, 1.82) is 0 Å². The Kier molecular flexibility index (Phi) is 8.11. The first-order chi connectivity index (χ1) is 14.6. The summed E-state index contributed by atoms with van der Waals surface area (Å²) in [7, 11) is 3.34. The van der Waals surface area contributed by atoms with Crippen LogP contribution in [0.15, 0.2) is 48.5 Å². The molecule has 1 N–H and O–H groups in total. The maximum atomic E-state index is 12.6. The van der Waals surface area contributed by atoms with Gasteiger partial charge in [-0.25, -0.2) is 0 Å². The quantitative estimate of drug-likeness (QED) is 0.687. The Balaban J connectivity index is 1.39. The number of amides is 1. The van der Waals surface area contributed by atoms with Crippen molar-refractivity contribution in [1.82, 2.24) is 15.1 Å². The fourth-order valence-corrected chi connectivity index (χ4v) is 3.74. The second-order valence-electron chi connectivity index (χ2n) is 7.72. The molecule has 3 rings (SSSR count). The van der Waals surface area contributed by atoms with Crippen molar-refractivity contribution in [3.05, 3.63) is 59.7 Å². The highest BCUT2D eigenvalue weighted by atomic mass is 16.5. The van der Waals surface area contributed by atoms with Crippen molar-refractivity contribution >= 4 is 5.91 Å². The lowest BCUT2D eigenvalue weighted by molar-refractivity contribution is -0.126. The van der Waals surface area contributed by atoms with E-state index in [0.717, 1.165) is 56.2 Å². The zero-order valence-electron chi connectivity index (χ0n) is 18.3. The highest BCUT2D eigenvalue weighted by molar-refractivity contribution is 5.81. The van der Waals surface area contributed by atoms with Crippen LogP contribution in [0.1, 0.15) is 18.1 Å². The molecule has 1 aliphatic heterocycles. The summed E-state index contributed by atoms with van der Waals surface area (Å²) in [5, 5.41) is 3.05. The first-order valence-electron chi connectivity index (χ1n) is 10.6. The van der Waals surface area contributed by atoms with Gasteiger partial charge in [0, 0.05) is 39.3 Å². The Labute approximate surface area is 179 Å². The largest absolute Gasteiger partial charge is 0.497 e. The summed E-state index contributed by atoms with van der Waals surface area (Å²) in [5.41, 5.74) is 2.36. The van der Waals surface area contributed by atoms with Gasteiger partial charge in [-0.05, 0) is 48.7 Å². The van der Waals surface area contributed by atoms with Gasteiger partial charge in [0.1, 0.15) is 11.5 Å². The molecule has 6 nitrogen and oxygen atoms in total. The number of carbonyl (C=O) groups excluding carboxylic acids is 1. The number of carbonyl (C=O) groups is 1. The van der Waals surface area contributed by atoms with Gasteiger partial charge < -0.3 is 19.7 Å². The van der Waals surface area contributed by atoms with Crippen molar-refractivity contribution in [3.63, 3.8) is 0 Å². The molecule has 0 saturated carbocycles. The zero-order valence-corrected chi connectivity index (χ0v) is 18.3. The molecular weight excluding hydrogens is 378 g/mol. The molecule has 30 heavy (non-hydrogen) atoms. The van der Waals surface area contributed by atoms with Crippen LogP contribution < -0.4 is 14.8 Å². The Bertz CT molecular complexity index is 802. The van der Waals surface area contributed by atoms with Gasteiger partial charge in [0.25, 0.3) is 0 Å². The van der Waals surface area contributed by atoms with Crippen LogP contribution in [0.2, 0.25) is 0 Å². The number of hydrogen-bond donors (Lipinski definition) is 1. The summed E-state index contributed by atoms with van der Waals surface area (Å²) in [5.74, 6) is 1.77. The number of nitrogens with zero attached hydrogens (tertiary/aromatic N) is 2. The Morgan fingerprint density at radius 1 is 0.967 bits per heavy atom. The molecule has 6 heteroatoms. The lowest BCUT2D eigenvalue weighted by Crippen LogP contribution is -2.54. The highest BCUT2D eigenvalue weighted by Gasteiger charge is 2.25. The molecule has 0 aliphatic carbocycles. The van der Waals surface area contributed by atoms with Crippen LogP contribution in [0.5, 0.6) is 11.5 Å². The fraction of sp³-hybridized carbons (Fsp3) is 0.458. The maximum absolute atomic E-state index is 12.6. The van der Waals surface area contributed by atoms with Crippen molar-refractivity contribution < 1.29 is 14.3 Å². The van der Waals surface area contributed by atoms with Crippen LogP contribution in [0.25, 0.3) is 0 Å². The fourth-order valence-electron chi connectivity index (χ4n) is 3.74. The van der Waals surface area contributed by atoms with Gasteiger partial charge in [-0.2, -0.15) is 0 Å². The van der Waals surface area contributed by atoms with Gasteiger partial charge in [0.05, 0.1) is 20.3 Å². The highest BCUT2D eigenvalue weighted by Crippen LogP contribution is 2.14. The standard InChI is InChI=1S/C24H33N3O3/c1-19(24(28)25-18-21-5-4-6-23(17-21)30-3)27-15-13-26(14-16-27)12-11-20-7-9-22(29-2)10-8-20/h4-10,17,19H,11-16,18H2,1-3H3,(H,25,28). The molecule has 0 aromatic heterocycles. The van der Waals surface area contributed by atoms with Gasteiger partial charge in [-0.1, -0.05) is 24.3 Å². The molecule has 0 spiro atoms. The molecule has 162 valence electrons.